The molecule has 0 spiro atoms. The third kappa shape index (κ3) is 5.93. The van der Waals surface area contributed by atoms with Gasteiger partial charge in [-0.2, -0.15) is 0 Å². The van der Waals surface area contributed by atoms with Gasteiger partial charge >= 0.3 is 0 Å². The number of aromatic nitrogens is 2. The maximum Gasteiger partial charge on any atom is 0.254 e. The first-order valence-electron chi connectivity index (χ1n) is 12.9. The topological polar surface area (TPSA) is 38.1 Å². The molecular weight excluding hydrogens is 442 g/mol. The van der Waals surface area contributed by atoms with Crippen molar-refractivity contribution >= 4 is 5.91 Å². The predicted molar refractivity (Wildman–Crippen MR) is 148 cm³/mol. The Labute approximate surface area is 215 Å². The van der Waals surface area contributed by atoms with E-state index in [1.807, 2.05) is 54.6 Å². The smallest absolute Gasteiger partial charge is 0.254 e. The monoisotopic (exact) mass is 479 g/mol. The Balaban J connectivity index is 1.86. The van der Waals surface area contributed by atoms with Gasteiger partial charge in [-0.05, 0) is 29.5 Å². The zero-order chi connectivity index (χ0) is 25.5. The number of imidazole rings is 1. The highest BCUT2D eigenvalue weighted by atomic mass is 16.2. The summed E-state index contributed by atoms with van der Waals surface area (Å²) in [6.45, 7) is 10.2. The first-order valence-corrected chi connectivity index (χ1v) is 12.9. The quantitative estimate of drug-likeness (QED) is 0.247. The molecule has 186 valence electrons. The Bertz CT molecular complexity index is 1240. The number of hydrogen-bond donors (Lipinski definition) is 0. The second kappa shape index (κ2) is 11.4. The molecule has 0 unspecified atom stereocenters. The number of carbonyl (C=O) groups excluding carboxylic acids is 1. The van der Waals surface area contributed by atoms with Crippen molar-refractivity contribution in [3.05, 3.63) is 114 Å². The molecule has 1 amide bonds. The van der Waals surface area contributed by atoms with Crippen LogP contribution in [0, 0.1) is 5.41 Å². The number of amides is 1. The van der Waals surface area contributed by atoms with Crippen molar-refractivity contribution in [1.29, 1.82) is 0 Å². The van der Waals surface area contributed by atoms with E-state index in [1.54, 1.807) is 0 Å². The molecule has 4 rings (SSSR count). The molecule has 1 atom stereocenters. The van der Waals surface area contributed by atoms with Gasteiger partial charge in [-0.3, -0.25) is 4.79 Å². The van der Waals surface area contributed by atoms with Crippen LogP contribution >= 0.6 is 0 Å². The van der Waals surface area contributed by atoms with Gasteiger partial charge in [0.25, 0.3) is 5.91 Å². The van der Waals surface area contributed by atoms with Crippen molar-refractivity contribution < 1.29 is 4.79 Å². The van der Waals surface area contributed by atoms with Gasteiger partial charge < -0.3 is 9.47 Å². The van der Waals surface area contributed by atoms with Crippen LogP contribution < -0.4 is 0 Å². The number of benzene rings is 3. The molecule has 1 heterocycles. The minimum Gasteiger partial charge on any atom is -0.328 e. The Morgan fingerprint density at radius 1 is 0.889 bits per heavy atom. The molecule has 0 aliphatic carbocycles. The van der Waals surface area contributed by atoms with Crippen molar-refractivity contribution in [3.63, 3.8) is 0 Å². The van der Waals surface area contributed by atoms with Crippen LogP contribution in [-0.2, 0) is 6.54 Å². The molecule has 0 saturated heterocycles. The number of carbonyl (C=O) groups is 1. The molecule has 0 aliphatic heterocycles. The lowest BCUT2D eigenvalue weighted by Crippen LogP contribution is -2.43. The van der Waals surface area contributed by atoms with E-state index in [0.29, 0.717) is 18.7 Å². The van der Waals surface area contributed by atoms with Crippen LogP contribution in [0.4, 0.5) is 0 Å². The largest absolute Gasteiger partial charge is 0.328 e. The molecule has 4 aromatic rings. The highest BCUT2D eigenvalue weighted by Gasteiger charge is 2.38. The fourth-order valence-electron chi connectivity index (χ4n) is 4.72. The standard InChI is InChI=1S/C32H37N3O/c1-5-6-22-35(31(36)27-20-14-9-15-21-27)29(32(2,3)4)30-33-28(26-18-12-8-13-19-26)24-34(30)23-25-16-10-7-11-17-25/h7-21,24,29H,5-6,22-23H2,1-4H3/t29-/m0/s1. The van der Waals surface area contributed by atoms with E-state index in [2.05, 4.69) is 79.8 Å². The fourth-order valence-corrected chi connectivity index (χ4v) is 4.72. The van der Waals surface area contributed by atoms with Crippen LogP contribution in [0.1, 0.15) is 68.3 Å². The van der Waals surface area contributed by atoms with E-state index in [-0.39, 0.29) is 17.4 Å². The van der Waals surface area contributed by atoms with Gasteiger partial charge in [0.05, 0.1) is 11.7 Å². The van der Waals surface area contributed by atoms with Crippen LogP contribution in [0.3, 0.4) is 0 Å². The molecule has 4 nitrogen and oxygen atoms in total. The average Bonchev–Trinajstić information content (AvgIpc) is 3.29. The molecule has 0 radical (unpaired) electrons. The average molecular weight is 480 g/mol. The van der Waals surface area contributed by atoms with Gasteiger partial charge in [-0.1, -0.05) is 113 Å². The summed E-state index contributed by atoms with van der Waals surface area (Å²) in [4.78, 5) is 21.2. The maximum absolute atomic E-state index is 13.9. The number of nitrogens with zero attached hydrogens (tertiary/aromatic N) is 3. The van der Waals surface area contributed by atoms with Crippen molar-refractivity contribution in [2.45, 2.75) is 53.1 Å². The van der Waals surface area contributed by atoms with Gasteiger partial charge in [-0.25, -0.2) is 4.98 Å². The highest BCUT2D eigenvalue weighted by Crippen LogP contribution is 2.40. The predicted octanol–water partition coefficient (Wildman–Crippen LogP) is 7.63. The van der Waals surface area contributed by atoms with Gasteiger partial charge in [0, 0.05) is 30.4 Å². The summed E-state index contributed by atoms with van der Waals surface area (Å²) in [5, 5.41) is 0. The van der Waals surface area contributed by atoms with Crippen LogP contribution in [0.5, 0.6) is 0 Å². The molecule has 3 aromatic carbocycles. The minimum absolute atomic E-state index is 0.0551. The second-order valence-corrected chi connectivity index (χ2v) is 10.5. The van der Waals surface area contributed by atoms with Crippen molar-refractivity contribution in [2.24, 2.45) is 5.41 Å². The first kappa shape index (κ1) is 25.4. The van der Waals surface area contributed by atoms with Gasteiger partial charge in [-0.15, -0.1) is 0 Å². The van der Waals surface area contributed by atoms with Crippen molar-refractivity contribution in [1.82, 2.24) is 14.5 Å². The molecule has 4 heteroatoms. The van der Waals surface area contributed by atoms with E-state index in [4.69, 9.17) is 4.98 Å². The SMILES string of the molecule is CCCCN(C(=O)c1ccccc1)[C@@H](c1nc(-c2ccccc2)cn1Cc1ccccc1)C(C)(C)C. The third-order valence-electron chi connectivity index (χ3n) is 6.48. The third-order valence-corrected chi connectivity index (χ3v) is 6.48. The number of rotatable bonds is 9. The van der Waals surface area contributed by atoms with Gasteiger partial charge in [0.1, 0.15) is 5.82 Å². The zero-order valence-corrected chi connectivity index (χ0v) is 21.9. The summed E-state index contributed by atoms with van der Waals surface area (Å²) in [6, 6.07) is 30.2. The summed E-state index contributed by atoms with van der Waals surface area (Å²) in [5.74, 6) is 0.977. The summed E-state index contributed by atoms with van der Waals surface area (Å²) < 4.78 is 2.24. The fraction of sp³-hybridized carbons (Fsp3) is 0.312. The molecule has 0 N–H and O–H groups in total. The van der Waals surface area contributed by atoms with Crippen LogP contribution in [-0.4, -0.2) is 26.9 Å². The Hall–Kier alpha value is -3.66. The lowest BCUT2D eigenvalue weighted by Gasteiger charge is -2.40. The molecule has 0 aliphatic rings. The summed E-state index contributed by atoms with van der Waals surface area (Å²) in [5.41, 5.74) is 3.70. The Kier molecular flexibility index (Phi) is 8.04. The second-order valence-electron chi connectivity index (χ2n) is 10.5. The molecule has 0 saturated carbocycles. The molecule has 0 bridgehead atoms. The molecule has 0 fully saturated rings. The number of hydrogen-bond acceptors (Lipinski definition) is 2. The van der Waals surface area contributed by atoms with E-state index in [1.165, 1.54) is 5.56 Å². The highest BCUT2D eigenvalue weighted by molar-refractivity contribution is 5.94. The Morgan fingerprint density at radius 3 is 2.06 bits per heavy atom. The van der Waals surface area contributed by atoms with Crippen molar-refractivity contribution in [3.8, 4) is 11.3 Å². The van der Waals surface area contributed by atoms with Crippen molar-refractivity contribution in [2.75, 3.05) is 6.54 Å². The number of unbranched alkanes of at least 4 members (excludes halogenated alkanes) is 1. The molecule has 36 heavy (non-hydrogen) atoms. The summed E-state index contributed by atoms with van der Waals surface area (Å²) in [7, 11) is 0. The van der Waals surface area contributed by atoms with E-state index in [9.17, 15) is 4.79 Å². The zero-order valence-electron chi connectivity index (χ0n) is 21.9. The van der Waals surface area contributed by atoms with E-state index >= 15 is 0 Å². The summed E-state index contributed by atoms with van der Waals surface area (Å²) in [6.07, 6.45) is 4.10. The van der Waals surface area contributed by atoms with Crippen LogP contribution in [0.25, 0.3) is 11.3 Å². The van der Waals surface area contributed by atoms with Gasteiger partial charge in [0.15, 0.2) is 0 Å². The summed E-state index contributed by atoms with van der Waals surface area (Å²) >= 11 is 0. The van der Waals surface area contributed by atoms with Crippen LogP contribution in [0.15, 0.2) is 97.2 Å². The Morgan fingerprint density at radius 2 is 1.47 bits per heavy atom. The lowest BCUT2D eigenvalue weighted by atomic mass is 9.84. The molecule has 1 aromatic heterocycles. The van der Waals surface area contributed by atoms with E-state index in [0.717, 1.165) is 29.9 Å². The molecular formula is C32H37N3O. The van der Waals surface area contributed by atoms with Gasteiger partial charge in [0.2, 0.25) is 0 Å². The lowest BCUT2D eigenvalue weighted by molar-refractivity contribution is 0.0479. The van der Waals surface area contributed by atoms with Crippen LogP contribution in [0.2, 0.25) is 0 Å². The maximum atomic E-state index is 13.9. The minimum atomic E-state index is -0.230. The first-order chi connectivity index (χ1) is 17.4. The van der Waals surface area contributed by atoms with E-state index < -0.39 is 0 Å². The normalized spacial score (nSPS) is 12.3.